The maximum absolute atomic E-state index is 10.4. The molecular formula is C7H8ClN3O4. The molecule has 1 aromatic heterocycles. The summed E-state index contributed by atoms with van der Waals surface area (Å²) in [6.45, 7) is 0. The Kier molecular flexibility index (Phi) is 3.40. The van der Waals surface area contributed by atoms with Crippen LogP contribution >= 0.6 is 11.6 Å². The molecule has 0 saturated carbocycles. The number of carboxylic acid groups (broad SMARTS) is 1. The summed E-state index contributed by atoms with van der Waals surface area (Å²) in [5.74, 6) is -1.68. The summed E-state index contributed by atoms with van der Waals surface area (Å²) in [4.78, 5) is 17.4. The minimum absolute atomic E-state index is 0.0965. The van der Waals surface area contributed by atoms with Gasteiger partial charge in [-0.25, -0.2) is 14.8 Å². The Balaban J connectivity index is 3.01. The zero-order valence-electron chi connectivity index (χ0n) is 7.33. The van der Waals surface area contributed by atoms with E-state index in [9.17, 15) is 9.90 Å². The predicted octanol–water partition coefficient (Wildman–Crippen LogP) is -0.809. The molecule has 0 radical (unpaired) electrons. The highest BCUT2D eigenvalue weighted by atomic mass is 35.5. The number of aliphatic hydroxyl groups excluding tert-OH is 2. The number of carboxylic acids is 1. The minimum atomic E-state index is -1.99. The number of nitrogen functional groups attached to an aromatic ring is 1. The van der Waals surface area contributed by atoms with Crippen LogP contribution in [-0.2, 0) is 4.79 Å². The number of aliphatic carboxylic acids is 1. The number of rotatable bonds is 3. The Morgan fingerprint density at radius 2 is 2.13 bits per heavy atom. The van der Waals surface area contributed by atoms with Gasteiger partial charge in [0.15, 0.2) is 6.10 Å². The second-order valence-electron chi connectivity index (χ2n) is 2.70. The fourth-order valence-corrected chi connectivity index (χ4v) is 1.13. The monoisotopic (exact) mass is 233 g/mol. The van der Waals surface area contributed by atoms with Gasteiger partial charge in [0.05, 0.1) is 0 Å². The van der Waals surface area contributed by atoms with Gasteiger partial charge >= 0.3 is 5.97 Å². The maximum Gasteiger partial charge on any atom is 0.335 e. The third-order valence-electron chi connectivity index (χ3n) is 1.66. The van der Waals surface area contributed by atoms with Crippen molar-refractivity contribution in [3.8, 4) is 0 Å². The van der Waals surface area contributed by atoms with Gasteiger partial charge in [-0.1, -0.05) is 11.6 Å². The molecule has 1 rings (SSSR count). The van der Waals surface area contributed by atoms with Crippen molar-refractivity contribution in [1.82, 2.24) is 9.97 Å². The van der Waals surface area contributed by atoms with E-state index in [4.69, 9.17) is 27.5 Å². The number of halogens is 1. The van der Waals surface area contributed by atoms with E-state index in [-0.39, 0.29) is 16.7 Å². The number of hydrogen-bond donors (Lipinski definition) is 4. The average Bonchev–Trinajstić information content (AvgIpc) is 2.15. The second-order valence-corrected chi connectivity index (χ2v) is 3.06. The van der Waals surface area contributed by atoms with E-state index in [1.807, 2.05) is 0 Å². The van der Waals surface area contributed by atoms with Crippen molar-refractivity contribution < 1.29 is 20.1 Å². The van der Waals surface area contributed by atoms with Gasteiger partial charge in [-0.05, 0) is 0 Å². The molecule has 0 aromatic carbocycles. The molecule has 2 atom stereocenters. The topological polar surface area (TPSA) is 130 Å². The van der Waals surface area contributed by atoms with Crippen LogP contribution in [0.15, 0.2) is 6.20 Å². The van der Waals surface area contributed by atoms with Crippen molar-refractivity contribution in [3.63, 3.8) is 0 Å². The molecule has 0 aliphatic heterocycles. The summed E-state index contributed by atoms with van der Waals surface area (Å²) in [5, 5.41) is 26.7. The van der Waals surface area contributed by atoms with E-state index < -0.39 is 18.2 Å². The van der Waals surface area contributed by atoms with Gasteiger partial charge in [-0.3, -0.25) is 0 Å². The quantitative estimate of drug-likeness (QED) is 0.503. The van der Waals surface area contributed by atoms with Gasteiger partial charge < -0.3 is 21.1 Å². The van der Waals surface area contributed by atoms with Crippen LogP contribution < -0.4 is 5.73 Å². The van der Waals surface area contributed by atoms with Crippen LogP contribution in [0.4, 0.5) is 5.95 Å². The molecular weight excluding hydrogens is 226 g/mol. The average molecular weight is 234 g/mol. The third kappa shape index (κ3) is 2.52. The van der Waals surface area contributed by atoms with Crippen LogP contribution in [0.3, 0.4) is 0 Å². The lowest BCUT2D eigenvalue weighted by Crippen LogP contribution is -2.28. The number of aromatic nitrogens is 2. The number of nitrogens with zero attached hydrogens (tertiary/aromatic N) is 2. The highest BCUT2D eigenvalue weighted by molar-refractivity contribution is 6.30. The lowest BCUT2D eigenvalue weighted by atomic mass is 10.1. The summed E-state index contributed by atoms with van der Waals surface area (Å²) in [6, 6.07) is 0. The molecule has 0 fully saturated rings. The summed E-state index contributed by atoms with van der Waals surface area (Å²) in [6.07, 6.45) is -2.63. The van der Waals surface area contributed by atoms with Crippen LogP contribution in [0, 0.1) is 0 Å². The highest BCUT2D eigenvalue weighted by Gasteiger charge is 2.27. The van der Waals surface area contributed by atoms with E-state index in [0.29, 0.717) is 0 Å². The lowest BCUT2D eigenvalue weighted by molar-refractivity contribution is -0.153. The predicted molar refractivity (Wildman–Crippen MR) is 50.1 cm³/mol. The van der Waals surface area contributed by atoms with Gasteiger partial charge in [-0.2, -0.15) is 0 Å². The maximum atomic E-state index is 10.4. The summed E-state index contributed by atoms with van der Waals surface area (Å²) in [5.41, 5.74) is 5.10. The highest BCUT2D eigenvalue weighted by Crippen LogP contribution is 2.23. The number of hydrogen-bond acceptors (Lipinski definition) is 6. The second kappa shape index (κ2) is 4.39. The van der Waals surface area contributed by atoms with E-state index >= 15 is 0 Å². The number of nitrogens with two attached hydrogens (primary N) is 1. The normalized spacial score (nSPS) is 14.6. The van der Waals surface area contributed by atoms with Crippen molar-refractivity contribution in [3.05, 3.63) is 16.9 Å². The standard InChI is InChI=1S/C7H8ClN3O4/c8-5-2(1-10-7(9)11-5)3(12)4(13)6(14)15/h1,3-4,12-13H,(H,14,15)(H2,9,10,11). The first-order chi connectivity index (χ1) is 6.93. The molecule has 15 heavy (non-hydrogen) atoms. The number of anilines is 1. The fourth-order valence-electron chi connectivity index (χ4n) is 0.886. The van der Waals surface area contributed by atoms with Crippen LogP contribution in [0.25, 0.3) is 0 Å². The van der Waals surface area contributed by atoms with Gasteiger partial charge in [0.2, 0.25) is 5.95 Å². The van der Waals surface area contributed by atoms with Crippen molar-refractivity contribution in [2.24, 2.45) is 0 Å². The Bertz CT molecular complexity index is 386. The first-order valence-electron chi connectivity index (χ1n) is 3.80. The molecule has 0 aliphatic rings. The van der Waals surface area contributed by atoms with Crippen molar-refractivity contribution >= 4 is 23.5 Å². The molecule has 0 spiro atoms. The zero-order chi connectivity index (χ0) is 11.6. The van der Waals surface area contributed by atoms with E-state index in [1.54, 1.807) is 0 Å². The molecule has 0 amide bonds. The number of carbonyl (C=O) groups is 1. The summed E-state index contributed by atoms with van der Waals surface area (Å²) >= 11 is 5.58. The zero-order valence-corrected chi connectivity index (χ0v) is 8.09. The first-order valence-corrected chi connectivity index (χ1v) is 4.18. The molecule has 8 heteroatoms. The van der Waals surface area contributed by atoms with Crippen LogP contribution in [-0.4, -0.2) is 37.4 Å². The van der Waals surface area contributed by atoms with Crippen LogP contribution in [0.2, 0.25) is 5.15 Å². The molecule has 0 aliphatic carbocycles. The van der Waals surface area contributed by atoms with Gasteiger partial charge in [-0.15, -0.1) is 0 Å². The molecule has 1 aromatic rings. The fraction of sp³-hybridized carbons (Fsp3) is 0.286. The Morgan fingerprint density at radius 1 is 1.53 bits per heavy atom. The summed E-state index contributed by atoms with van der Waals surface area (Å²) < 4.78 is 0. The minimum Gasteiger partial charge on any atom is -0.479 e. The van der Waals surface area contributed by atoms with Crippen molar-refractivity contribution in [1.29, 1.82) is 0 Å². The molecule has 82 valence electrons. The van der Waals surface area contributed by atoms with E-state index in [1.165, 1.54) is 0 Å². The van der Waals surface area contributed by atoms with E-state index in [0.717, 1.165) is 6.20 Å². The van der Waals surface area contributed by atoms with Gasteiger partial charge in [0, 0.05) is 11.8 Å². The molecule has 0 bridgehead atoms. The molecule has 1 heterocycles. The SMILES string of the molecule is Nc1ncc(C(O)C(O)C(=O)O)c(Cl)n1. The smallest absolute Gasteiger partial charge is 0.335 e. The summed E-state index contributed by atoms with van der Waals surface area (Å²) in [7, 11) is 0. The largest absolute Gasteiger partial charge is 0.479 e. The Labute approximate surface area is 89.2 Å². The van der Waals surface area contributed by atoms with Crippen LogP contribution in [0.5, 0.6) is 0 Å². The van der Waals surface area contributed by atoms with Crippen molar-refractivity contribution in [2.75, 3.05) is 5.73 Å². The Morgan fingerprint density at radius 3 is 2.60 bits per heavy atom. The van der Waals surface area contributed by atoms with E-state index in [2.05, 4.69) is 9.97 Å². The number of aliphatic hydroxyl groups is 2. The Hall–Kier alpha value is -1.44. The van der Waals surface area contributed by atoms with Gasteiger partial charge in [0.25, 0.3) is 0 Å². The first kappa shape index (κ1) is 11.6. The third-order valence-corrected chi connectivity index (χ3v) is 1.96. The van der Waals surface area contributed by atoms with Gasteiger partial charge in [0.1, 0.15) is 11.3 Å². The van der Waals surface area contributed by atoms with Crippen LogP contribution in [0.1, 0.15) is 11.7 Å². The molecule has 2 unspecified atom stereocenters. The molecule has 7 nitrogen and oxygen atoms in total. The lowest BCUT2D eigenvalue weighted by Gasteiger charge is -2.14. The molecule has 5 N–H and O–H groups in total. The van der Waals surface area contributed by atoms with Crippen molar-refractivity contribution in [2.45, 2.75) is 12.2 Å². The molecule has 0 saturated heterocycles.